The van der Waals surface area contributed by atoms with Crippen LogP contribution in [0, 0.1) is 17.0 Å². The van der Waals surface area contributed by atoms with Crippen LogP contribution in [-0.2, 0) is 4.74 Å². The minimum absolute atomic E-state index is 0.0373. The van der Waals surface area contributed by atoms with Gasteiger partial charge in [0.2, 0.25) is 0 Å². The molecule has 1 aliphatic heterocycles. The molecule has 1 fully saturated rings. The summed E-state index contributed by atoms with van der Waals surface area (Å²) in [6.45, 7) is 2.76. The Labute approximate surface area is 110 Å². The number of hydrogen-bond donors (Lipinski definition) is 1. The van der Waals surface area contributed by atoms with E-state index in [4.69, 9.17) is 4.74 Å². The van der Waals surface area contributed by atoms with Gasteiger partial charge in [-0.25, -0.2) is 0 Å². The summed E-state index contributed by atoms with van der Waals surface area (Å²) in [6.07, 6.45) is 2.01. The van der Waals surface area contributed by atoms with Crippen LogP contribution in [0.1, 0.15) is 28.8 Å². The van der Waals surface area contributed by atoms with Crippen LogP contribution in [0.2, 0.25) is 0 Å². The Hall–Kier alpha value is -1.95. The largest absolute Gasteiger partial charge is 0.376 e. The maximum absolute atomic E-state index is 12.0. The number of rotatable bonds is 4. The molecule has 102 valence electrons. The molecular formula is C13H16N2O4. The molecule has 1 N–H and O–H groups in total. The molecule has 1 heterocycles. The normalized spacial score (nSPS) is 18.3. The molecule has 1 aromatic rings. The number of nitrogens with one attached hydrogen (secondary N) is 1. The van der Waals surface area contributed by atoms with E-state index >= 15 is 0 Å². The lowest BCUT2D eigenvalue weighted by atomic mass is 10.1. The van der Waals surface area contributed by atoms with Gasteiger partial charge in [0.05, 0.1) is 11.0 Å². The second kappa shape index (κ2) is 5.79. The van der Waals surface area contributed by atoms with Gasteiger partial charge in [-0.2, -0.15) is 0 Å². The molecule has 6 heteroatoms. The van der Waals surface area contributed by atoms with Crippen molar-refractivity contribution in [2.24, 2.45) is 0 Å². The second-order valence-electron chi connectivity index (χ2n) is 4.55. The standard InChI is InChI=1S/C13H16N2O4/c1-9-11(5-2-6-12(9)15(17)18)13(16)14-8-10-4-3-7-19-10/h2,5-6,10H,3-4,7-8H2,1H3,(H,14,16)/t10-/m1/s1. The summed E-state index contributed by atoms with van der Waals surface area (Å²) in [6, 6.07) is 4.51. The lowest BCUT2D eigenvalue weighted by Crippen LogP contribution is -2.32. The summed E-state index contributed by atoms with van der Waals surface area (Å²) in [5.41, 5.74) is 0.689. The van der Waals surface area contributed by atoms with Crippen molar-refractivity contribution in [2.75, 3.05) is 13.2 Å². The number of nitro groups is 1. The Morgan fingerprint density at radius 2 is 2.37 bits per heavy atom. The molecule has 0 aliphatic carbocycles. The minimum atomic E-state index is -0.480. The first-order valence-corrected chi connectivity index (χ1v) is 6.23. The van der Waals surface area contributed by atoms with Crippen LogP contribution in [-0.4, -0.2) is 30.1 Å². The van der Waals surface area contributed by atoms with E-state index in [9.17, 15) is 14.9 Å². The fourth-order valence-electron chi connectivity index (χ4n) is 2.17. The molecule has 0 unspecified atom stereocenters. The van der Waals surface area contributed by atoms with Crippen LogP contribution >= 0.6 is 0 Å². The maximum atomic E-state index is 12.0. The molecule has 1 aromatic carbocycles. The number of carbonyl (C=O) groups is 1. The van der Waals surface area contributed by atoms with Gasteiger partial charge in [0.15, 0.2) is 0 Å². The number of benzene rings is 1. The van der Waals surface area contributed by atoms with Gasteiger partial charge >= 0.3 is 0 Å². The van der Waals surface area contributed by atoms with Crippen LogP contribution in [0.4, 0.5) is 5.69 Å². The average molecular weight is 264 g/mol. The highest BCUT2D eigenvalue weighted by Gasteiger charge is 2.20. The van der Waals surface area contributed by atoms with Crippen LogP contribution in [0.15, 0.2) is 18.2 Å². The maximum Gasteiger partial charge on any atom is 0.273 e. The minimum Gasteiger partial charge on any atom is -0.376 e. The van der Waals surface area contributed by atoms with Crippen LogP contribution in [0.5, 0.6) is 0 Å². The summed E-state index contributed by atoms with van der Waals surface area (Å²) >= 11 is 0. The van der Waals surface area contributed by atoms with Gasteiger partial charge in [0.1, 0.15) is 0 Å². The molecule has 19 heavy (non-hydrogen) atoms. The van der Waals surface area contributed by atoms with E-state index in [2.05, 4.69) is 5.32 Å². The lowest BCUT2D eigenvalue weighted by molar-refractivity contribution is -0.385. The Kier molecular flexibility index (Phi) is 4.11. The second-order valence-corrected chi connectivity index (χ2v) is 4.55. The van der Waals surface area contributed by atoms with Crippen molar-refractivity contribution >= 4 is 11.6 Å². The summed E-state index contributed by atoms with van der Waals surface area (Å²) in [7, 11) is 0. The predicted molar refractivity (Wildman–Crippen MR) is 69.1 cm³/mol. The SMILES string of the molecule is Cc1c(C(=O)NC[C@H]2CCCO2)cccc1[N+](=O)[O-]. The topological polar surface area (TPSA) is 81.5 Å². The molecule has 2 rings (SSSR count). The zero-order valence-corrected chi connectivity index (χ0v) is 10.7. The molecule has 1 aliphatic rings. The predicted octanol–water partition coefficient (Wildman–Crippen LogP) is 1.81. The third-order valence-corrected chi connectivity index (χ3v) is 3.26. The van der Waals surface area contributed by atoms with Crippen molar-refractivity contribution in [1.29, 1.82) is 0 Å². The molecule has 0 bridgehead atoms. The zero-order chi connectivity index (χ0) is 13.8. The first kappa shape index (κ1) is 13.5. The number of amides is 1. The molecule has 6 nitrogen and oxygen atoms in total. The van der Waals surface area contributed by atoms with Crippen molar-refractivity contribution in [3.63, 3.8) is 0 Å². The van der Waals surface area contributed by atoms with Crippen LogP contribution in [0.25, 0.3) is 0 Å². The third-order valence-electron chi connectivity index (χ3n) is 3.26. The summed E-state index contributed by atoms with van der Waals surface area (Å²) in [5, 5.41) is 13.6. The molecule has 0 aromatic heterocycles. The first-order chi connectivity index (χ1) is 9.09. The fraction of sp³-hybridized carbons (Fsp3) is 0.462. The van der Waals surface area contributed by atoms with Gasteiger partial charge in [0, 0.05) is 30.3 Å². The Balaban J connectivity index is 2.06. The van der Waals surface area contributed by atoms with Gasteiger partial charge in [-0.1, -0.05) is 6.07 Å². The molecule has 1 saturated heterocycles. The van der Waals surface area contributed by atoms with Crippen molar-refractivity contribution in [2.45, 2.75) is 25.9 Å². The number of ether oxygens (including phenoxy) is 1. The lowest BCUT2D eigenvalue weighted by Gasteiger charge is -2.11. The van der Waals surface area contributed by atoms with Gasteiger partial charge in [-0.3, -0.25) is 14.9 Å². The quantitative estimate of drug-likeness (QED) is 0.664. The fourth-order valence-corrected chi connectivity index (χ4v) is 2.17. The van der Waals surface area contributed by atoms with E-state index in [1.807, 2.05) is 0 Å². The van der Waals surface area contributed by atoms with Crippen LogP contribution < -0.4 is 5.32 Å². The van der Waals surface area contributed by atoms with Gasteiger partial charge in [0.25, 0.3) is 11.6 Å². The number of hydrogen-bond acceptors (Lipinski definition) is 4. The van der Waals surface area contributed by atoms with E-state index in [-0.39, 0.29) is 17.7 Å². The average Bonchev–Trinajstić information content (AvgIpc) is 2.89. The molecular weight excluding hydrogens is 248 g/mol. The summed E-state index contributed by atoms with van der Waals surface area (Å²) in [4.78, 5) is 22.3. The monoisotopic (exact) mass is 264 g/mol. The summed E-state index contributed by atoms with van der Waals surface area (Å²) in [5.74, 6) is -0.295. The summed E-state index contributed by atoms with van der Waals surface area (Å²) < 4.78 is 5.41. The van der Waals surface area contributed by atoms with E-state index < -0.39 is 4.92 Å². The smallest absolute Gasteiger partial charge is 0.273 e. The Bertz CT molecular complexity index is 495. The molecule has 0 spiro atoms. The molecule has 0 radical (unpaired) electrons. The highest BCUT2D eigenvalue weighted by Crippen LogP contribution is 2.21. The Morgan fingerprint density at radius 1 is 1.58 bits per heavy atom. The number of carbonyl (C=O) groups excluding carboxylic acids is 1. The van der Waals surface area contributed by atoms with E-state index in [0.717, 1.165) is 19.4 Å². The van der Waals surface area contributed by atoms with E-state index in [0.29, 0.717) is 17.7 Å². The molecule has 0 saturated carbocycles. The van der Waals surface area contributed by atoms with Crippen molar-refractivity contribution in [3.05, 3.63) is 39.4 Å². The molecule has 1 atom stereocenters. The number of nitrogens with zero attached hydrogens (tertiary/aromatic N) is 1. The van der Waals surface area contributed by atoms with Gasteiger partial charge < -0.3 is 10.1 Å². The van der Waals surface area contributed by atoms with E-state index in [1.54, 1.807) is 13.0 Å². The van der Waals surface area contributed by atoms with Crippen molar-refractivity contribution in [3.8, 4) is 0 Å². The highest BCUT2D eigenvalue weighted by molar-refractivity contribution is 5.96. The van der Waals surface area contributed by atoms with Gasteiger partial charge in [-0.05, 0) is 25.8 Å². The first-order valence-electron chi connectivity index (χ1n) is 6.23. The Morgan fingerprint density at radius 3 is 3.00 bits per heavy atom. The van der Waals surface area contributed by atoms with E-state index in [1.165, 1.54) is 12.1 Å². The van der Waals surface area contributed by atoms with Crippen LogP contribution in [0.3, 0.4) is 0 Å². The van der Waals surface area contributed by atoms with Crippen molar-refractivity contribution in [1.82, 2.24) is 5.32 Å². The van der Waals surface area contributed by atoms with Crippen molar-refractivity contribution < 1.29 is 14.5 Å². The zero-order valence-electron chi connectivity index (χ0n) is 10.7. The van der Waals surface area contributed by atoms with Gasteiger partial charge in [-0.15, -0.1) is 0 Å². The third kappa shape index (κ3) is 3.08. The highest BCUT2D eigenvalue weighted by atomic mass is 16.6. The number of nitro benzene ring substituents is 1. The molecule has 1 amide bonds.